The van der Waals surface area contributed by atoms with Gasteiger partial charge in [0.15, 0.2) is 4.80 Å². The lowest BCUT2D eigenvalue weighted by Gasteiger charge is -2.32. The van der Waals surface area contributed by atoms with E-state index in [4.69, 9.17) is 9.73 Å². The monoisotopic (exact) mass is 497 g/mol. The summed E-state index contributed by atoms with van der Waals surface area (Å²) in [7, 11) is 1.59. The first-order chi connectivity index (χ1) is 17.0. The van der Waals surface area contributed by atoms with E-state index >= 15 is 0 Å². The van der Waals surface area contributed by atoms with Crippen LogP contribution < -0.4 is 15.4 Å². The van der Waals surface area contributed by atoms with Gasteiger partial charge in [-0.3, -0.25) is 4.90 Å². The summed E-state index contributed by atoms with van der Waals surface area (Å²) in [5, 5.41) is 7.50. The van der Waals surface area contributed by atoms with Crippen LogP contribution in [-0.4, -0.2) is 55.4 Å². The zero-order valence-corrected chi connectivity index (χ0v) is 21.2. The first-order valence-corrected chi connectivity index (χ1v) is 12.7. The molecule has 4 rings (SSSR count). The number of halogens is 1. The Balaban J connectivity index is 1.63. The maximum Gasteiger partial charge on any atom is 0.314 e. The molecule has 0 bridgehead atoms. The zero-order valence-electron chi connectivity index (χ0n) is 20.4. The number of morpholine rings is 1. The summed E-state index contributed by atoms with van der Waals surface area (Å²) in [6, 6.07) is 13.6. The van der Waals surface area contributed by atoms with Crippen molar-refractivity contribution in [3.05, 3.63) is 69.6 Å². The van der Waals surface area contributed by atoms with E-state index in [1.165, 1.54) is 23.0 Å². The Hall–Kier alpha value is -3.01. The van der Waals surface area contributed by atoms with Gasteiger partial charge in [0.1, 0.15) is 5.82 Å². The van der Waals surface area contributed by atoms with Gasteiger partial charge < -0.3 is 19.9 Å². The molecular weight excluding hydrogens is 465 g/mol. The zero-order chi connectivity index (χ0) is 24.8. The molecule has 1 unspecified atom stereocenters. The molecule has 1 aliphatic heterocycles. The second-order valence-corrected chi connectivity index (χ2v) is 9.39. The predicted octanol–water partition coefficient (Wildman–Crippen LogP) is 4.22. The number of benzene rings is 2. The number of carbonyl (C=O) groups excluding carboxylic acids is 1. The Kier molecular flexibility index (Phi) is 8.33. The highest BCUT2D eigenvalue weighted by molar-refractivity contribution is 7.07. The second-order valence-electron chi connectivity index (χ2n) is 8.55. The molecule has 7 nitrogen and oxygen atoms in total. The third kappa shape index (κ3) is 6.17. The molecule has 9 heteroatoms. The van der Waals surface area contributed by atoms with Crippen LogP contribution in [0.25, 0.3) is 11.3 Å². The molecule has 1 aliphatic rings. The van der Waals surface area contributed by atoms with Crippen LogP contribution in [0.5, 0.6) is 0 Å². The van der Waals surface area contributed by atoms with Gasteiger partial charge in [-0.05, 0) is 48.7 Å². The number of aryl methyl sites for hydroxylation is 1. The van der Waals surface area contributed by atoms with Gasteiger partial charge in [0.05, 0.1) is 24.6 Å². The van der Waals surface area contributed by atoms with E-state index in [1.807, 2.05) is 0 Å². The summed E-state index contributed by atoms with van der Waals surface area (Å²) in [6.45, 7) is 8.41. The fourth-order valence-electron chi connectivity index (χ4n) is 4.15. The molecule has 1 atom stereocenters. The number of hydrogen-bond donors (Lipinski definition) is 2. The van der Waals surface area contributed by atoms with Crippen molar-refractivity contribution < 1.29 is 13.9 Å². The number of aromatic nitrogens is 1. The van der Waals surface area contributed by atoms with Crippen LogP contribution in [0.15, 0.2) is 52.8 Å². The number of urea groups is 1. The van der Waals surface area contributed by atoms with Crippen molar-refractivity contribution in [3.8, 4) is 11.3 Å². The van der Waals surface area contributed by atoms with Crippen LogP contribution in [0.3, 0.4) is 0 Å². The number of ether oxygens (including phenoxy) is 1. The Morgan fingerprint density at radius 3 is 2.63 bits per heavy atom. The number of nitrogens with one attached hydrogen (secondary N) is 2. The van der Waals surface area contributed by atoms with Crippen molar-refractivity contribution in [2.75, 3.05) is 39.9 Å². The van der Waals surface area contributed by atoms with Crippen molar-refractivity contribution in [1.82, 2.24) is 20.1 Å². The van der Waals surface area contributed by atoms with E-state index in [1.54, 1.807) is 26.1 Å². The predicted molar refractivity (Wildman–Crippen MR) is 137 cm³/mol. The molecule has 2 amide bonds. The van der Waals surface area contributed by atoms with E-state index in [0.717, 1.165) is 42.4 Å². The minimum absolute atomic E-state index is 0.225. The maximum atomic E-state index is 13.7. The molecule has 186 valence electrons. The Bertz CT molecular complexity index is 1220. The summed E-state index contributed by atoms with van der Waals surface area (Å²) in [4.78, 5) is 19.7. The van der Waals surface area contributed by atoms with Gasteiger partial charge in [0.25, 0.3) is 0 Å². The minimum Gasteiger partial charge on any atom is -0.379 e. The standard InChI is InChI=1S/C26H32FN5O2S/c1-18-16-22(8-9-23(18)27)30-26-32(11-10-29-25(33)28-3)24(17-35-26)21-6-4-20(5-7-21)19(2)31-12-14-34-15-13-31/h4-9,16-17,19H,10-15H2,1-3H3,(H2,28,29,33)/b30-26-. The fourth-order valence-corrected chi connectivity index (χ4v) is 5.11. The normalized spacial score (nSPS) is 15.7. The van der Waals surface area contributed by atoms with Gasteiger partial charge in [-0.25, -0.2) is 14.2 Å². The average Bonchev–Trinajstić information content (AvgIpc) is 3.28. The largest absolute Gasteiger partial charge is 0.379 e. The molecule has 1 fully saturated rings. The molecule has 0 aliphatic carbocycles. The minimum atomic E-state index is -0.245. The van der Waals surface area contributed by atoms with Crippen LogP contribution in [0, 0.1) is 12.7 Å². The average molecular weight is 498 g/mol. The van der Waals surface area contributed by atoms with Crippen LogP contribution in [0.1, 0.15) is 24.1 Å². The first kappa shape index (κ1) is 25.1. The van der Waals surface area contributed by atoms with E-state index in [0.29, 0.717) is 30.4 Å². The van der Waals surface area contributed by atoms with Crippen molar-refractivity contribution in [2.45, 2.75) is 26.4 Å². The second kappa shape index (κ2) is 11.6. The molecule has 0 radical (unpaired) electrons. The van der Waals surface area contributed by atoms with Crippen molar-refractivity contribution in [1.29, 1.82) is 0 Å². The highest BCUT2D eigenvalue weighted by Crippen LogP contribution is 2.26. The van der Waals surface area contributed by atoms with Crippen LogP contribution in [0.2, 0.25) is 0 Å². The van der Waals surface area contributed by atoms with Crippen molar-refractivity contribution >= 4 is 23.1 Å². The molecule has 1 aromatic heterocycles. The number of nitrogens with zero attached hydrogens (tertiary/aromatic N) is 3. The Morgan fingerprint density at radius 1 is 1.20 bits per heavy atom. The SMILES string of the molecule is CNC(=O)NCCn1c(-c2ccc(C(C)N3CCOCC3)cc2)cs/c1=N\c1ccc(F)c(C)c1. The lowest BCUT2D eigenvalue weighted by atomic mass is 10.0. The molecule has 2 heterocycles. The summed E-state index contributed by atoms with van der Waals surface area (Å²) < 4.78 is 21.3. The lowest BCUT2D eigenvalue weighted by molar-refractivity contribution is 0.0198. The van der Waals surface area contributed by atoms with E-state index in [2.05, 4.69) is 56.7 Å². The highest BCUT2D eigenvalue weighted by Gasteiger charge is 2.18. The number of amides is 2. The summed E-state index contributed by atoms with van der Waals surface area (Å²) >= 11 is 1.53. The molecule has 35 heavy (non-hydrogen) atoms. The van der Waals surface area contributed by atoms with E-state index < -0.39 is 0 Å². The van der Waals surface area contributed by atoms with Crippen LogP contribution in [0.4, 0.5) is 14.9 Å². The van der Waals surface area contributed by atoms with Crippen molar-refractivity contribution in [3.63, 3.8) is 0 Å². The first-order valence-electron chi connectivity index (χ1n) is 11.8. The summed E-state index contributed by atoms with van der Waals surface area (Å²) in [5.41, 5.74) is 4.62. The van der Waals surface area contributed by atoms with E-state index in [-0.39, 0.29) is 11.8 Å². The van der Waals surface area contributed by atoms with Gasteiger partial charge in [0.2, 0.25) is 0 Å². The van der Waals surface area contributed by atoms with Gasteiger partial charge in [0, 0.05) is 44.6 Å². The highest BCUT2D eigenvalue weighted by atomic mass is 32.1. The molecule has 0 spiro atoms. The topological polar surface area (TPSA) is 70.9 Å². The smallest absolute Gasteiger partial charge is 0.314 e. The molecule has 2 N–H and O–H groups in total. The lowest BCUT2D eigenvalue weighted by Crippen LogP contribution is -2.38. The summed E-state index contributed by atoms with van der Waals surface area (Å²) in [5.74, 6) is -0.245. The van der Waals surface area contributed by atoms with Crippen LogP contribution >= 0.6 is 11.3 Å². The van der Waals surface area contributed by atoms with Gasteiger partial charge in [-0.2, -0.15) is 0 Å². The van der Waals surface area contributed by atoms with Gasteiger partial charge >= 0.3 is 6.03 Å². The molecular formula is C26H32FN5O2S. The molecule has 0 saturated carbocycles. The maximum absolute atomic E-state index is 13.7. The number of rotatable bonds is 7. The third-order valence-corrected chi connectivity index (χ3v) is 7.16. The molecule has 1 saturated heterocycles. The molecule has 2 aromatic carbocycles. The van der Waals surface area contributed by atoms with E-state index in [9.17, 15) is 9.18 Å². The van der Waals surface area contributed by atoms with Gasteiger partial charge in [-0.1, -0.05) is 24.3 Å². The quantitative estimate of drug-likeness (QED) is 0.514. The Labute approximate surface area is 209 Å². The van der Waals surface area contributed by atoms with Crippen LogP contribution in [-0.2, 0) is 11.3 Å². The number of hydrogen-bond acceptors (Lipinski definition) is 5. The number of thiazole rings is 1. The summed E-state index contributed by atoms with van der Waals surface area (Å²) in [6.07, 6.45) is 0. The fraction of sp³-hybridized carbons (Fsp3) is 0.385. The third-order valence-electron chi connectivity index (χ3n) is 6.29. The van der Waals surface area contributed by atoms with Gasteiger partial charge in [-0.15, -0.1) is 11.3 Å². The number of carbonyl (C=O) groups is 1. The molecule has 3 aromatic rings. The van der Waals surface area contributed by atoms with Crippen molar-refractivity contribution in [2.24, 2.45) is 4.99 Å². The Morgan fingerprint density at radius 2 is 1.94 bits per heavy atom.